The number of hydrogen-bond donors (Lipinski definition) is 1. The van der Waals surface area contributed by atoms with Crippen molar-refractivity contribution in [2.24, 2.45) is 0 Å². The summed E-state index contributed by atoms with van der Waals surface area (Å²) in [5.41, 5.74) is 3.57. The van der Waals surface area contributed by atoms with Crippen LogP contribution in [0.1, 0.15) is 43.0 Å². The van der Waals surface area contributed by atoms with Crippen molar-refractivity contribution >= 4 is 27.7 Å². The number of carbonyl (C=O) groups is 2. The van der Waals surface area contributed by atoms with Crippen LogP contribution < -0.4 is 10.1 Å². The first-order valence-corrected chi connectivity index (χ1v) is 12.9. The highest BCUT2D eigenvalue weighted by Crippen LogP contribution is 2.22. The van der Waals surface area contributed by atoms with Gasteiger partial charge in [-0.2, -0.15) is 0 Å². The lowest BCUT2D eigenvalue weighted by Gasteiger charge is -2.33. The Morgan fingerprint density at radius 3 is 2.22 bits per heavy atom. The topological polar surface area (TPSA) is 58.6 Å². The van der Waals surface area contributed by atoms with Crippen LogP contribution >= 0.6 is 15.9 Å². The third kappa shape index (κ3) is 7.95. The summed E-state index contributed by atoms with van der Waals surface area (Å²) in [4.78, 5) is 28.9. The van der Waals surface area contributed by atoms with Gasteiger partial charge in [0.2, 0.25) is 5.91 Å². The molecule has 3 aromatic rings. The predicted octanol–water partition coefficient (Wildman–Crippen LogP) is 6.00. The Morgan fingerprint density at radius 2 is 1.58 bits per heavy atom. The van der Waals surface area contributed by atoms with Gasteiger partial charge in [0.05, 0.1) is 0 Å². The molecule has 3 aromatic carbocycles. The second-order valence-corrected chi connectivity index (χ2v) is 11.0. The summed E-state index contributed by atoms with van der Waals surface area (Å²) in [6, 6.07) is 22.7. The summed E-state index contributed by atoms with van der Waals surface area (Å²) >= 11 is 3.47. The van der Waals surface area contributed by atoms with E-state index in [1.807, 2.05) is 107 Å². The maximum Gasteiger partial charge on any atom is 0.261 e. The van der Waals surface area contributed by atoms with Gasteiger partial charge in [0, 0.05) is 23.0 Å². The first-order valence-electron chi connectivity index (χ1n) is 12.1. The number of nitrogens with one attached hydrogen (secondary N) is 1. The maximum atomic E-state index is 13.7. The Balaban J connectivity index is 1.94. The van der Waals surface area contributed by atoms with E-state index in [9.17, 15) is 9.59 Å². The lowest BCUT2D eigenvalue weighted by molar-refractivity contribution is -0.143. The SMILES string of the molecule is Cc1cccc(OCC(=O)N(Cc2ccc(Br)cc2)[C@H](Cc2ccccc2)C(=O)NC(C)(C)C)c1C. The first-order chi connectivity index (χ1) is 17.0. The van der Waals surface area contributed by atoms with Gasteiger partial charge in [-0.15, -0.1) is 0 Å². The zero-order valence-electron chi connectivity index (χ0n) is 21.7. The Bertz CT molecular complexity index is 1170. The van der Waals surface area contributed by atoms with Crippen LogP contribution in [0.2, 0.25) is 0 Å². The molecule has 2 amide bonds. The van der Waals surface area contributed by atoms with Crippen molar-refractivity contribution in [1.29, 1.82) is 0 Å². The minimum atomic E-state index is -0.704. The largest absolute Gasteiger partial charge is 0.483 e. The molecule has 0 aliphatic rings. The summed E-state index contributed by atoms with van der Waals surface area (Å²) in [6.45, 7) is 9.94. The van der Waals surface area contributed by atoms with Crippen LogP contribution in [-0.4, -0.2) is 34.9 Å². The van der Waals surface area contributed by atoms with Crippen molar-refractivity contribution in [3.63, 3.8) is 0 Å². The van der Waals surface area contributed by atoms with E-state index < -0.39 is 11.6 Å². The molecule has 190 valence electrons. The molecule has 0 heterocycles. The fourth-order valence-corrected chi connectivity index (χ4v) is 4.16. The van der Waals surface area contributed by atoms with E-state index >= 15 is 0 Å². The predicted molar refractivity (Wildman–Crippen MR) is 148 cm³/mol. The third-order valence-corrected chi connectivity index (χ3v) is 6.47. The van der Waals surface area contributed by atoms with Crippen molar-refractivity contribution in [3.8, 4) is 5.75 Å². The van der Waals surface area contributed by atoms with Crippen LogP contribution in [0.3, 0.4) is 0 Å². The van der Waals surface area contributed by atoms with Crippen LogP contribution in [0.4, 0.5) is 0 Å². The normalized spacial score (nSPS) is 12.1. The molecule has 0 unspecified atom stereocenters. The number of amides is 2. The monoisotopic (exact) mass is 550 g/mol. The lowest BCUT2D eigenvalue weighted by atomic mass is 10.0. The molecular weight excluding hydrogens is 516 g/mol. The van der Waals surface area contributed by atoms with Crippen LogP contribution in [0.25, 0.3) is 0 Å². The Hall–Kier alpha value is -3.12. The molecule has 0 fully saturated rings. The molecule has 3 rings (SSSR count). The van der Waals surface area contributed by atoms with Crippen molar-refractivity contribution in [2.45, 2.75) is 59.2 Å². The highest BCUT2D eigenvalue weighted by atomic mass is 79.9. The van der Waals surface area contributed by atoms with Gasteiger partial charge in [-0.05, 0) is 75.1 Å². The van der Waals surface area contributed by atoms with E-state index in [1.165, 1.54) is 0 Å². The van der Waals surface area contributed by atoms with E-state index in [2.05, 4.69) is 21.2 Å². The smallest absolute Gasteiger partial charge is 0.261 e. The molecule has 0 saturated heterocycles. The molecule has 36 heavy (non-hydrogen) atoms. The zero-order valence-corrected chi connectivity index (χ0v) is 23.3. The number of halogens is 1. The van der Waals surface area contributed by atoms with Crippen molar-refractivity contribution in [3.05, 3.63) is 99.5 Å². The Morgan fingerprint density at radius 1 is 0.917 bits per heavy atom. The maximum absolute atomic E-state index is 13.7. The molecule has 0 aromatic heterocycles. The summed E-state index contributed by atoms with van der Waals surface area (Å²) in [5, 5.41) is 3.08. The van der Waals surface area contributed by atoms with Crippen molar-refractivity contribution in [1.82, 2.24) is 10.2 Å². The van der Waals surface area contributed by atoms with Gasteiger partial charge in [0.15, 0.2) is 6.61 Å². The van der Waals surface area contributed by atoms with Gasteiger partial charge < -0.3 is 15.0 Å². The van der Waals surface area contributed by atoms with Gasteiger partial charge in [-0.3, -0.25) is 9.59 Å². The molecule has 1 atom stereocenters. The number of benzene rings is 3. The summed E-state index contributed by atoms with van der Waals surface area (Å²) in [7, 11) is 0. The number of hydrogen-bond acceptors (Lipinski definition) is 3. The Labute approximate surface area is 223 Å². The molecule has 0 bridgehead atoms. The van der Waals surface area contributed by atoms with Gasteiger partial charge in [0.1, 0.15) is 11.8 Å². The average molecular weight is 552 g/mol. The number of aryl methyl sites for hydroxylation is 1. The minimum absolute atomic E-state index is 0.158. The zero-order chi connectivity index (χ0) is 26.3. The van der Waals surface area contributed by atoms with E-state index in [0.717, 1.165) is 26.7 Å². The lowest BCUT2D eigenvalue weighted by Crippen LogP contribution is -2.55. The second kappa shape index (κ2) is 12.2. The van der Waals surface area contributed by atoms with Gasteiger partial charge >= 0.3 is 0 Å². The molecule has 0 aliphatic heterocycles. The Kier molecular flexibility index (Phi) is 9.32. The summed E-state index contributed by atoms with van der Waals surface area (Å²) in [6.07, 6.45) is 0.397. The third-order valence-electron chi connectivity index (χ3n) is 5.94. The molecule has 1 N–H and O–H groups in total. The summed E-state index contributed by atoms with van der Waals surface area (Å²) in [5.74, 6) is 0.234. The van der Waals surface area contributed by atoms with E-state index in [1.54, 1.807) is 4.90 Å². The van der Waals surface area contributed by atoms with Gasteiger partial charge in [-0.1, -0.05) is 70.5 Å². The van der Waals surface area contributed by atoms with Crippen LogP contribution in [0, 0.1) is 13.8 Å². The fraction of sp³-hybridized carbons (Fsp3) is 0.333. The fourth-order valence-electron chi connectivity index (χ4n) is 3.90. The quantitative estimate of drug-likeness (QED) is 0.355. The van der Waals surface area contributed by atoms with E-state index in [0.29, 0.717) is 12.2 Å². The highest BCUT2D eigenvalue weighted by molar-refractivity contribution is 9.10. The number of carbonyl (C=O) groups excluding carboxylic acids is 2. The standard InChI is InChI=1S/C30H35BrN2O3/c1-21-10-9-13-27(22(21)2)36-20-28(34)33(19-24-14-16-25(31)17-15-24)26(29(35)32-30(3,4)5)18-23-11-7-6-8-12-23/h6-17,26H,18-20H2,1-5H3,(H,32,35)/t26-/m1/s1. The molecule has 0 radical (unpaired) electrons. The number of ether oxygens (including phenoxy) is 1. The van der Waals surface area contributed by atoms with E-state index in [-0.39, 0.29) is 25.0 Å². The molecule has 6 heteroatoms. The summed E-state index contributed by atoms with van der Waals surface area (Å²) < 4.78 is 6.92. The molecule has 0 spiro atoms. The average Bonchev–Trinajstić information content (AvgIpc) is 2.83. The van der Waals surface area contributed by atoms with Gasteiger partial charge in [-0.25, -0.2) is 0 Å². The number of nitrogens with zero attached hydrogens (tertiary/aromatic N) is 1. The highest BCUT2D eigenvalue weighted by Gasteiger charge is 2.32. The van der Waals surface area contributed by atoms with Crippen LogP contribution in [0.15, 0.2) is 77.3 Å². The van der Waals surface area contributed by atoms with Gasteiger partial charge in [0.25, 0.3) is 5.91 Å². The van der Waals surface area contributed by atoms with Crippen molar-refractivity contribution in [2.75, 3.05) is 6.61 Å². The molecule has 0 saturated carbocycles. The second-order valence-electron chi connectivity index (χ2n) is 10.1. The molecule has 0 aliphatic carbocycles. The van der Waals surface area contributed by atoms with Crippen LogP contribution in [0.5, 0.6) is 5.75 Å². The van der Waals surface area contributed by atoms with Crippen molar-refractivity contribution < 1.29 is 14.3 Å². The van der Waals surface area contributed by atoms with E-state index in [4.69, 9.17) is 4.74 Å². The number of rotatable bonds is 9. The minimum Gasteiger partial charge on any atom is -0.483 e. The molecular formula is C30H35BrN2O3. The first kappa shape index (κ1) is 27.5. The molecule has 5 nitrogen and oxygen atoms in total. The van der Waals surface area contributed by atoms with Crippen LogP contribution in [-0.2, 0) is 22.6 Å².